The zero-order valence-electron chi connectivity index (χ0n) is 18.0. The molecule has 3 heterocycles. The number of carbonyl (C=O) groups is 5. The minimum atomic E-state index is -0.830. The number of nitrogens with one attached hydrogen (secondary N) is 1. The summed E-state index contributed by atoms with van der Waals surface area (Å²) in [5, 5.41) is 13.2. The summed E-state index contributed by atoms with van der Waals surface area (Å²) in [6.45, 7) is -0.352. The first-order chi connectivity index (χ1) is 16.8. The van der Waals surface area contributed by atoms with E-state index in [-0.39, 0.29) is 42.1 Å². The van der Waals surface area contributed by atoms with Gasteiger partial charge in [-0.15, -0.1) is 0 Å². The highest BCUT2D eigenvalue weighted by Crippen LogP contribution is 2.32. The van der Waals surface area contributed by atoms with Crippen LogP contribution in [0.5, 0.6) is 0 Å². The summed E-state index contributed by atoms with van der Waals surface area (Å²) in [7, 11) is 0. The molecule has 0 unspecified atom stereocenters. The number of imide groups is 2. The molecule has 2 aromatic rings. The number of thioether (sulfide) groups is 1. The van der Waals surface area contributed by atoms with Crippen molar-refractivity contribution in [2.45, 2.75) is 6.42 Å². The molecule has 1 aromatic carbocycles. The van der Waals surface area contributed by atoms with Crippen LogP contribution in [0.3, 0.4) is 0 Å². The Bertz CT molecular complexity index is 1290. The van der Waals surface area contributed by atoms with Crippen LogP contribution in [0.1, 0.15) is 32.7 Å². The Morgan fingerprint density at radius 2 is 1.86 bits per heavy atom. The number of carbonyl (C=O) groups excluding carboxylic acids is 5. The second-order valence-electron chi connectivity index (χ2n) is 7.44. The topological polar surface area (TPSA) is 160 Å². The van der Waals surface area contributed by atoms with E-state index < -0.39 is 39.5 Å². The summed E-state index contributed by atoms with van der Waals surface area (Å²) in [5.74, 6) is -2.54. The third-order valence-corrected chi connectivity index (χ3v) is 6.16. The second kappa shape index (κ2) is 9.85. The van der Waals surface area contributed by atoms with E-state index in [9.17, 15) is 34.1 Å². The minimum absolute atomic E-state index is 0.0232. The number of hydrogen-bond donors (Lipinski definition) is 1. The number of fused-ring (bicyclic) bond motifs is 1. The van der Waals surface area contributed by atoms with E-state index in [0.29, 0.717) is 5.56 Å². The Morgan fingerprint density at radius 1 is 1.06 bits per heavy atom. The second-order valence-corrected chi connectivity index (χ2v) is 8.43. The smallest absolute Gasteiger partial charge is 0.293 e. The number of benzene rings is 1. The van der Waals surface area contributed by atoms with E-state index in [4.69, 9.17) is 0 Å². The Morgan fingerprint density at radius 3 is 2.57 bits per heavy atom. The fourth-order valence-electron chi connectivity index (χ4n) is 3.59. The van der Waals surface area contributed by atoms with Gasteiger partial charge in [-0.1, -0.05) is 12.1 Å². The lowest BCUT2D eigenvalue weighted by molar-refractivity contribution is -0.385. The SMILES string of the molecule is O=C(CCN1C(=O)c2cccc([N+](=O)[O-])c2C1=O)NCCN1C(=O)SC(=Cc2cccnc2)C1=O. The molecule has 2 aliphatic rings. The highest BCUT2D eigenvalue weighted by molar-refractivity contribution is 8.18. The van der Waals surface area contributed by atoms with Crippen molar-refractivity contribution in [3.63, 3.8) is 0 Å². The maximum atomic E-state index is 12.5. The summed E-state index contributed by atoms with van der Waals surface area (Å²) < 4.78 is 0. The van der Waals surface area contributed by atoms with Crippen LogP contribution in [0.25, 0.3) is 6.08 Å². The monoisotopic (exact) mass is 495 g/mol. The third kappa shape index (κ3) is 4.80. The maximum absolute atomic E-state index is 12.5. The Kier molecular flexibility index (Phi) is 6.68. The van der Waals surface area contributed by atoms with Gasteiger partial charge in [0.1, 0.15) is 5.56 Å². The van der Waals surface area contributed by atoms with Gasteiger partial charge in [0.05, 0.1) is 15.4 Å². The van der Waals surface area contributed by atoms with Gasteiger partial charge in [0, 0.05) is 44.5 Å². The molecule has 1 saturated heterocycles. The zero-order valence-corrected chi connectivity index (χ0v) is 18.8. The number of nitro benzene ring substituents is 1. The fourth-order valence-corrected chi connectivity index (χ4v) is 4.45. The van der Waals surface area contributed by atoms with Crippen LogP contribution in [0.4, 0.5) is 10.5 Å². The van der Waals surface area contributed by atoms with Crippen LogP contribution in [-0.2, 0) is 9.59 Å². The molecule has 2 aliphatic heterocycles. The van der Waals surface area contributed by atoms with E-state index in [1.165, 1.54) is 12.1 Å². The van der Waals surface area contributed by atoms with E-state index in [1.807, 2.05) is 0 Å². The van der Waals surface area contributed by atoms with Gasteiger partial charge in [0.15, 0.2) is 0 Å². The molecule has 0 radical (unpaired) electrons. The quantitative estimate of drug-likeness (QED) is 0.249. The summed E-state index contributed by atoms with van der Waals surface area (Å²) in [5.41, 5.74) is -0.169. The van der Waals surface area contributed by atoms with Crippen molar-refractivity contribution in [1.29, 1.82) is 0 Å². The van der Waals surface area contributed by atoms with Crippen LogP contribution in [0.15, 0.2) is 47.6 Å². The molecule has 1 fully saturated rings. The van der Waals surface area contributed by atoms with Crippen molar-refractivity contribution in [1.82, 2.24) is 20.1 Å². The summed E-state index contributed by atoms with van der Waals surface area (Å²) >= 11 is 0.789. The van der Waals surface area contributed by atoms with E-state index >= 15 is 0 Å². The molecule has 1 aromatic heterocycles. The zero-order chi connectivity index (χ0) is 25.1. The van der Waals surface area contributed by atoms with Crippen molar-refractivity contribution in [3.05, 3.63) is 74.4 Å². The molecule has 0 bridgehead atoms. The van der Waals surface area contributed by atoms with Gasteiger partial charge in [-0.3, -0.25) is 48.9 Å². The third-order valence-electron chi connectivity index (χ3n) is 5.25. The average Bonchev–Trinajstić information content (AvgIpc) is 3.25. The molecular weight excluding hydrogens is 478 g/mol. The number of amides is 5. The molecule has 35 heavy (non-hydrogen) atoms. The summed E-state index contributed by atoms with van der Waals surface area (Å²) in [6.07, 6.45) is 4.45. The number of pyridine rings is 1. The molecule has 4 rings (SSSR count). The highest BCUT2D eigenvalue weighted by atomic mass is 32.2. The lowest BCUT2D eigenvalue weighted by Crippen LogP contribution is -2.39. The first-order valence-electron chi connectivity index (χ1n) is 10.3. The lowest BCUT2D eigenvalue weighted by Gasteiger charge is -2.15. The number of hydrogen-bond acceptors (Lipinski definition) is 9. The predicted octanol–water partition coefficient (Wildman–Crippen LogP) is 1.83. The van der Waals surface area contributed by atoms with Gasteiger partial charge < -0.3 is 5.32 Å². The van der Waals surface area contributed by atoms with Crippen LogP contribution >= 0.6 is 11.8 Å². The number of nitrogens with zero attached hydrogens (tertiary/aromatic N) is 4. The van der Waals surface area contributed by atoms with Crippen molar-refractivity contribution in [3.8, 4) is 0 Å². The van der Waals surface area contributed by atoms with Gasteiger partial charge in [-0.25, -0.2) is 0 Å². The number of nitro groups is 1. The molecule has 12 nitrogen and oxygen atoms in total. The average molecular weight is 495 g/mol. The summed E-state index contributed by atoms with van der Waals surface area (Å²) in [4.78, 5) is 78.4. The molecular formula is C22H17N5O7S. The largest absolute Gasteiger partial charge is 0.354 e. The fraction of sp³-hybridized carbons (Fsp3) is 0.182. The van der Waals surface area contributed by atoms with Crippen LogP contribution in [-0.4, -0.2) is 68.2 Å². The molecule has 178 valence electrons. The standard InChI is InChI=1S/C22H17N5O7S/c28-17(6-9-25-19(29)14-4-1-5-15(27(33)34)18(14)21(25)31)24-8-10-26-20(30)16(35-22(26)32)11-13-3-2-7-23-12-13/h1-5,7,11-12H,6,8-10H2,(H,24,28). The first-order valence-corrected chi connectivity index (χ1v) is 11.1. The number of aromatic nitrogens is 1. The molecule has 13 heteroatoms. The normalized spacial score (nSPS) is 16.3. The predicted molar refractivity (Wildman–Crippen MR) is 123 cm³/mol. The molecule has 0 atom stereocenters. The lowest BCUT2D eigenvalue weighted by atomic mass is 10.1. The van der Waals surface area contributed by atoms with Crippen molar-refractivity contribution < 1.29 is 28.9 Å². The molecule has 0 saturated carbocycles. The van der Waals surface area contributed by atoms with Gasteiger partial charge in [0.2, 0.25) is 5.91 Å². The van der Waals surface area contributed by atoms with Crippen LogP contribution in [0.2, 0.25) is 0 Å². The molecule has 0 aliphatic carbocycles. The molecule has 1 N–H and O–H groups in total. The Labute approximate surface area is 202 Å². The Balaban J connectivity index is 1.28. The van der Waals surface area contributed by atoms with Gasteiger partial charge >= 0.3 is 0 Å². The molecule has 5 amide bonds. The van der Waals surface area contributed by atoms with Gasteiger partial charge in [-0.2, -0.15) is 0 Å². The van der Waals surface area contributed by atoms with E-state index in [1.54, 1.807) is 30.6 Å². The maximum Gasteiger partial charge on any atom is 0.293 e. The minimum Gasteiger partial charge on any atom is -0.354 e. The molecule has 0 spiro atoms. The van der Waals surface area contributed by atoms with Gasteiger partial charge in [-0.05, 0) is 35.5 Å². The van der Waals surface area contributed by atoms with E-state index in [0.717, 1.165) is 27.6 Å². The highest BCUT2D eigenvalue weighted by Gasteiger charge is 2.41. The van der Waals surface area contributed by atoms with E-state index in [2.05, 4.69) is 10.3 Å². The van der Waals surface area contributed by atoms with Gasteiger partial charge in [0.25, 0.3) is 28.6 Å². The van der Waals surface area contributed by atoms with Crippen molar-refractivity contribution in [2.75, 3.05) is 19.6 Å². The van der Waals surface area contributed by atoms with Crippen molar-refractivity contribution >= 4 is 52.4 Å². The van der Waals surface area contributed by atoms with Crippen LogP contribution in [0, 0.1) is 10.1 Å². The van der Waals surface area contributed by atoms with Crippen molar-refractivity contribution in [2.24, 2.45) is 0 Å². The number of rotatable bonds is 8. The van der Waals surface area contributed by atoms with Crippen LogP contribution < -0.4 is 5.32 Å². The first kappa shape index (κ1) is 23.8. The summed E-state index contributed by atoms with van der Waals surface area (Å²) in [6, 6.07) is 7.22. The Hall–Kier alpha value is -4.39.